The van der Waals surface area contributed by atoms with E-state index in [0.717, 1.165) is 19.8 Å². The molecule has 1 N–H and O–H groups in total. The highest BCUT2D eigenvalue weighted by Crippen LogP contribution is 2.22. The minimum atomic E-state index is -0.542. The van der Waals surface area contributed by atoms with Gasteiger partial charge in [-0.25, -0.2) is 14.0 Å². The van der Waals surface area contributed by atoms with Crippen molar-refractivity contribution in [3.8, 4) is 11.4 Å². The third-order valence-electron chi connectivity index (χ3n) is 4.77. The first-order valence-electron chi connectivity index (χ1n) is 8.75. The summed E-state index contributed by atoms with van der Waals surface area (Å²) in [5.74, 6) is 0. The maximum atomic E-state index is 13.5. The van der Waals surface area contributed by atoms with Crippen molar-refractivity contribution in [2.24, 2.45) is 0 Å². The van der Waals surface area contributed by atoms with Crippen LogP contribution in [0.5, 0.6) is 0 Å². The van der Waals surface area contributed by atoms with Crippen LogP contribution in [0.3, 0.4) is 0 Å². The lowest BCUT2D eigenvalue weighted by atomic mass is 10.1. The molecule has 0 saturated heterocycles. The molecule has 0 aliphatic rings. The summed E-state index contributed by atoms with van der Waals surface area (Å²) in [5.41, 5.74) is 1.26. The molecule has 0 atom stereocenters. The molecule has 0 unspecified atom stereocenters. The van der Waals surface area contributed by atoms with E-state index in [1.165, 1.54) is 10.9 Å². The molecule has 3 heterocycles. The van der Waals surface area contributed by atoms with Crippen LogP contribution in [0.15, 0.2) is 68.9 Å². The summed E-state index contributed by atoms with van der Waals surface area (Å²) in [6, 6.07) is 12.9. The molecule has 8 nitrogen and oxygen atoms in total. The molecule has 2 aromatic carbocycles. The van der Waals surface area contributed by atoms with Crippen molar-refractivity contribution in [2.75, 3.05) is 0 Å². The second kappa shape index (κ2) is 6.49. The van der Waals surface area contributed by atoms with Crippen LogP contribution in [0.4, 0.5) is 0 Å². The predicted octanol–water partition coefficient (Wildman–Crippen LogP) is 2.88. The molecule has 0 aliphatic heterocycles. The lowest BCUT2D eigenvalue weighted by Crippen LogP contribution is -2.37. The molecule has 0 aliphatic carbocycles. The van der Waals surface area contributed by atoms with Gasteiger partial charge in [0.1, 0.15) is 5.52 Å². The van der Waals surface area contributed by atoms with Gasteiger partial charge >= 0.3 is 5.69 Å². The van der Waals surface area contributed by atoms with Crippen LogP contribution in [-0.2, 0) is 0 Å². The molecule has 3 aromatic heterocycles. The van der Waals surface area contributed by atoms with Crippen LogP contribution in [0.2, 0.25) is 0 Å². The first kappa shape index (κ1) is 17.5. The highest BCUT2D eigenvalue weighted by atomic mass is 79.9. The van der Waals surface area contributed by atoms with E-state index in [1.54, 1.807) is 19.2 Å². The van der Waals surface area contributed by atoms with E-state index < -0.39 is 11.2 Å². The Bertz CT molecular complexity index is 1530. The minimum absolute atomic E-state index is 0.220. The van der Waals surface area contributed by atoms with Crippen molar-refractivity contribution in [3.05, 3.63) is 85.9 Å². The SMILES string of the molecule is Cc1[nH]c(=O)n(-c2cncc3ccccc23)c(=O)c1-n1nnc2ccc(Br)cc21. The van der Waals surface area contributed by atoms with Gasteiger partial charge in [0.2, 0.25) is 0 Å². The number of benzene rings is 2. The first-order valence-corrected chi connectivity index (χ1v) is 9.54. The van der Waals surface area contributed by atoms with E-state index in [-0.39, 0.29) is 5.69 Å². The van der Waals surface area contributed by atoms with Crippen molar-refractivity contribution >= 4 is 37.7 Å². The van der Waals surface area contributed by atoms with Gasteiger partial charge in [-0.05, 0) is 25.1 Å². The van der Waals surface area contributed by atoms with E-state index in [4.69, 9.17) is 0 Å². The molecule has 0 spiro atoms. The van der Waals surface area contributed by atoms with Crippen molar-refractivity contribution in [1.29, 1.82) is 0 Å². The Morgan fingerprint density at radius 2 is 1.90 bits per heavy atom. The number of aromatic nitrogens is 6. The zero-order chi connectivity index (χ0) is 20.1. The Morgan fingerprint density at radius 1 is 1.07 bits per heavy atom. The van der Waals surface area contributed by atoms with Gasteiger partial charge in [0, 0.05) is 27.1 Å². The number of rotatable bonds is 2. The minimum Gasteiger partial charge on any atom is -0.309 e. The van der Waals surface area contributed by atoms with E-state index in [0.29, 0.717) is 22.4 Å². The number of fused-ring (bicyclic) bond motifs is 2. The number of H-pyrrole nitrogens is 1. The lowest BCUT2D eigenvalue weighted by molar-refractivity contribution is 0.763. The number of aryl methyl sites for hydroxylation is 1. The summed E-state index contributed by atoms with van der Waals surface area (Å²) in [7, 11) is 0. The molecular formula is C20H13BrN6O2. The molecule has 5 rings (SSSR count). The third kappa shape index (κ3) is 2.70. The molecular weight excluding hydrogens is 436 g/mol. The topological polar surface area (TPSA) is 98.5 Å². The quantitative estimate of drug-likeness (QED) is 0.447. The lowest BCUT2D eigenvalue weighted by Gasteiger charge is -2.12. The zero-order valence-corrected chi connectivity index (χ0v) is 16.7. The molecule has 5 aromatic rings. The van der Waals surface area contributed by atoms with Crippen LogP contribution in [0.1, 0.15) is 5.69 Å². The fourth-order valence-electron chi connectivity index (χ4n) is 3.44. The predicted molar refractivity (Wildman–Crippen MR) is 113 cm³/mol. The van der Waals surface area contributed by atoms with Crippen LogP contribution >= 0.6 is 15.9 Å². The fourth-order valence-corrected chi connectivity index (χ4v) is 3.79. The Hall–Kier alpha value is -3.59. The summed E-state index contributed by atoms with van der Waals surface area (Å²) in [6.07, 6.45) is 3.20. The third-order valence-corrected chi connectivity index (χ3v) is 5.26. The fraction of sp³-hybridized carbons (Fsp3) is 0.0500. The molecule has 29 heavy (non-hydrogen) atoms. The van der Waals surface area contributed by atoms with Crippen LogP contribution in [0.25, 0.3) is 33.2 Å². The monoisotopic (exact) mass is 448 g/mol. The van der Waals surface area contributed by atoms with Gasteiger partial charge in [-0.3, -0.25) is 9.78 Å². The van der Waals surface area contributed by atoms with Gasteiger partial charge in [0.05, 0.1) is 17.4 Å². The molecule has 0 fully saturated rings. The number of aromatic amines is 1. The van der Waals surface area contributed by atoms with Crippen LogP contribution in [0, 0.1) is 6.92 Å². The van der Waals surface area contributed by atoms with Gasteiger partial charge in [-0.1, -0.05) is 45.4 Å². The van der Waals surface area contributed by atoms with E-state index in [9.17, 15) is 9.59 Å². The summed E-state index contributed by atoms with van der Waals surface area (Å²) >= 11 is 3.43. The Balaban J connectivity index is 1.87. The zero-order valence-electron chi connectivity index (χ0n) is 15.1. The second-order valence-corrected chi connectivity index (χ2v) is 7.47. The maximum Gasteiger partial charge on any atom is 0.333 e. The standard InChI is InChI=1S/C20H13BrN6O2/c1-11-18(27-16-8-13(21)6-7-15(16)24-25-27)19(28)26(20(29)23-11)17-10-22-9-12-4-2-3-5-14(12)17/h2-10H,1H3,(H,23,29). The van der Waals surface area contributed by atoms with E-state index in [1.807, 2.05) is 36.4 Å². The van der Waals surface area contributed by atoms with Gasteiger partial charge in [-0.15, -0.1) is 5.10 Å². The van der Waals surface area contributed by atoms with Crippen molar-refractivity contribution < 1.29 is 0 Å². The number of nitrogens with one attached hydrogen (secondary N) is 1. The smallest absolute Gasteiger partial charge is 0.309 e. The molecule has 0 saturated carbocycles. The van der Waals surface area contributed by atoms with Gasteiger partial charge in [0.15, 0.2) is 5.69 Å². The number of pyridine rings is 1. The first-order chi connectivity index (χ1) is 14.0. The normalized spacial score (nSPS) is 11.4. The van der Waals surface area contributed by atoms with Crippen molar-refractivity contribution in [1.82, 2.24) is 29.5 Å². The maximum absolute atomic E-state index is 13.5. The average Bonchev–Trinajstić information content (AvgIpc) is 3.10. The summed E-state index contributed by atoms with van der Waals surface area (Å²) in [6.45, 7) is 1.66. The van der Waals surface area contributed by atoms with E-state index in [2.05, 4.69) is 36.2 Å². The summed E-state index contributed by atoms with van der Waals surface area (Å²) in [5, 5.41) is 9.86. The highest BCUT2D eigenvalue weighted by Gasteiger charge is 2.19. The molecule has 0 bridgehead atoms. The summed E-state index contributed by atoms with van der Waals surface area (Å²) < 4.78 is 3.36. The van der Waals surface area contributed by atoms with Gasteiger partial charge in [0.25, 0.3) is 5.56 Å². The van der Waals surface area contributed by atoms with Crippen molar-refractivity contribution in [3.63, 3.8) is 0 Å². The largest absolute Gasteiger partial charge is 0.333 e. The number of halogens is 1. The molecule has 142 valence electrons. The average molecular weight is 449 g/mol. The number of hydrogen-bond donors (Lipinski definition) is 1. The highest BCUT2D eigenvalue weighted by molar-refractivity contribution is 9.10. The second-order valence-electron chi connectivity index (χ2n) is 6.56. The number of hydrogen-bond acceptors (Lipinski definition) is 5. The molecule has 0 amide bonds. The molecule has 0 radical (unpaired) electrons. The van der Waals surface area contributed by atoms with Crippen molar-refractivity contribution in [2.45, 2.75) is 6.92 Å². The Morgan fingerprint density at radius 3 is 2.76 bits per heavy atom. The Kier molecular flexibility index (Phi) is 3.92. The van der Waals surface area contributed by atoms with Gasteiger partial charge in [-0.2, -0.15) is 0 Å². The number of nitrogens with zero attached hydrogens (tertiary/aromatic N) is 5. The van der Waals surface area contributed by atoms with Gasteiger partial charge < -0.3 is 4.98 Å². The summed E-state index contributed by atoms with van der Waals surface area (Å²) in [4.78, 5) is 33.2. The molecule has 9 heteroatoms. The Labute approximate surface area is 171 Å². The van der Waals surface area contributed by atoms with Crippen LogP contribution < -0.4 is 11.2 Å². The van der Waals surface area contributed by atoms with Crippen LogP contribution in [-0.4, -0.2) is 29.5 Å². The van der Waals surface area contributed by atoms with E-state index >= 15 is 0 Å².